The maximum absolute atomic E-state index is 5.68. The second-order valence-electron chi connectivity index (χ2n) is 5.30. The number of guanidine groups is 1. The SMILES string of the molecule is CCCCNC(=NCCCOCc1ccc(OC)cc1)NCC.I. The van der Waals surface area contributed by atoms with E-state index in [-0.39, 0.29) is 24.0 Å². The summed E-state index contributed by atoms with van der Waals surface area (Å²) >= 11 is 0. The molecule has 6 heteroatoms. The molecule has 0 aromatic heterocycles. The van der Waals surface area contributed by atoms with Crippen LogP contribution in [0.1, 0.15) is 38.7 Å². The highest BCUT2D eigenvalue weighted by Gasteiger charge is 1.97. The Balaban J connectivity index is 0.00000529. The van der Waals surface area contributed by atoms with Crippen LogP contribution in [0.25, 0.3) is 0 Å². The van der Waals surface area contributed by atoms with Gasteiger partial charge in [0.2, 0.25) is 0 Å². The number of nitrogens with zero attached hydrogens (tertiary/aromatic N) is 1. The average Bonchev–Trinajstić information content (AvgIpc) is 2.58. The Labute approximate surface area is 163 Å². The van der Waals surface area contributed by atoms with E-state index in [1.54, 1.807) is 7.11 Å². The van der Waals surface area contributed by atoms with Crippen LogP contribution in [0.3, 0.4) is 0 Å². The Hall–Kier alpha value is -1.02. The van der Waals surface area contributed by atoms with Gasteiger partial charge in [-0.25, -0.2) is 0 Å². The number of halogens is 1. The van der Waals surface area contributed by atoms with Crippen molar-refractivity contribution >= 4 is 29.9 Å². The number of hydrogen-bond acceptors (Lipinski definition) is 3. The molecule has 0 saturated carbocycles. The molecule has 0 atom stereocenters. The van der Waals surface area contributed by atoms with Crippen LogP contribution in [-0.4, -0.2) is 39.3 Å². The number of hydrogen-bond donors (Lipinski definition) is 2. The summed E-state index contributed by atoms with van der Waals surface area (Å²) in [5.74, 6) is 1.77. The van der Waals surface area contributed by atoms with Gasteiger partial charge in [0.05, 0.1) is 13.7 Å². The van der Waals surface area contributed by atoms with Crippen molar-refractivity contribution in [1.29, 1.82) is 0 Å². The molecule has 0 unspecified atom stereocenters. The fourth-order valence-electron chi connectivity index (χ4n) is 1.99. The van der Waals surface area contributed by atoms with Crippen molar-refractivity contribution in [1.82, 2.24) is 10.6 Å². The van der Waals surface area contributed by atoms with Crippen LogP contribution in [0, 0.1) is 0 Å². The molecular formula is C18H32IN3O2. The van der Waals surface area contributed by atoms with E-state index < -0.39 is 0 Å². The number of rotatable bonds is 11. The molecule has 24 heavy (non-hydrogen) atoms. The third kappa shape index (κ3) is 10.7. The van der Waals surface area contributed by atoms with Crippen LogP contribution in [0.15, 0.2) is 29.3 Å². The van der Waals surface area contributed by atoms with Gasteiger partial charge in [0.1, 0.15) is 5.75 Å². The maximum Gasteiger partial charge on any atom is 0.191 e. The number of aliphatic imine (C=N–C) groups is 1. The number of benzene rings is 1. The third-order valence-corrected chi connectivity index (χ3v) is 3.31. The molecule has 0 saturated heterocycles. The van der Waals surface area contributed by atoms with Crippen molar-refractivity contribution in [2.45, 2.75) is 39.7 Å². The van der Waals surface area contributed by atoms with Gasteiger partial charge in [-0.3, -0.25) is 4.99 Å². The van der Waals surface area contributed by atoms with Crippen LogP contribution >= 0.6 is 24.0 Å². The van der Waals surface area contributed by atoms with E-state index in [1.165, 1.54) is 6.42 Å². The summed E-state index contributed by atoms with van der Waals surface area (Å²) in [6, 6.07) is 7.96. The molecule has 138 valence electrons. The van der Waals surface area contributed by atoms with Gasteiger partial charge >= 0.3 is 0 Å². The zero-order valence-electron chi connectivity index (χ0n) is 15.1. The van der Waals surface area contributed by atoms with Crippen LogP contribution < -0.4 is 15.4 Å². The van der Waals surface area contributed by atoms with Crippen LogP contribution in [0.5, 0.6) is 5.75 Å². The quantitative estimate of drug-likeness (QED) is 0.235. The van der Waals surface area contributed by atoms with Crippen LogP contribution in [0.4, 0.5) is 0 Å². The first-order valence-corrected chi connectivity index (χ1v) is 8.53. The molecule has 0 aliphatic carbocycles. The molecule has 1 aromatic rings. The fourth-order valence-corrected chi connectivity index (χ4v) is 1.99. The zero-order valence-corrected chi connectivity index (χ0v) is 17.5. The molecule has 0 bridgehead atoms. The Morgan fingerprint density at radius 1 is 1.08 bits per heavy atom. The van der Waals surface area contributed by atoms with Crippen molar-refractivity contribution < 1.29 is 9.47 Å². The van der Waals surface area contributed by atoms with Gasteiger partial charge < -0.3 is 20.1 Å². The molecule has 0 aliphatic heterocycles. The minimum absolute atomic E-state index is 0. The lowest BCUT2D eigenvalue weighted by Gasteiger charge is -2.10. The van der Waals surface area contributed by atoms with E-state index >= 15 is 0 Å². The molecule has 1 aromatic carbocycles. The van der Waals surface area contributed by atoms with Gasteiger partial charge in [0.25, 0.3) is 0 Å². The standard InChI is InChI=1S/C18H31N3O2.HI/c1-4-6-12-20-18(19-5-2)21-13-7-14-23-15-16-8-10-17(22-3)11-9-16;/h8-11H,4-7,12-15H2,1-3H3,(H2,19,20,21);1H. The molecule has 0 radical (unpaired) electrons. The molecule has 0 heterocycles. The number of ether oxygens (including phenoxy) is 2. The molecule has 0 spiro atoms. The highest BCUT2D eigenvalue weighted by atomic mass is 127. The van der Waals surface area contributed by atoms with Gasteiger partial charge in [-0.2, -0.15) is 0 Å². The Kier molecular flexibility index (Phi) is 14.8. The van der Waals surface area contributed by atoms with E-state index in [0.717, 1.165) is 49.7 Å². The number of unbranched alkanes of at least 4 members (excludes halogenated alkanes) is 1. The minimum Gasteiger partial charge on any atom is -0.497 e. The first kappa shape index (κ1) is 23.0. The molecule has 0 amide bonds. The van der Waals surface area contributed by atoms with E-state index in [2.05, 4.69) is 29.5 Å². The normalized spacial score (nSPS) is 10.9. The molecule has 2 N–H and O–H groups in total. The van der Waals surface area contributed by atoms with Crippen molar-refractivity contribution in [2.75, 3.05) is 33.4 Å². The van der Waals surface area contributed by atoms with E-state index in [9.17, 15) is 0 Å². The Morgan fingerprint density at radius 2 is 1.83 bits per heavy atom. The average molecular weight is 449 g/mol. The fraction of sp³-hybridized carbons (Fsp3) is 0.611. The summed E-state index contributed by atoms with van der Waals surface area (Å²) in [4.78, 5) is 4.55. The van der Waals surface area contributed by atoms with Crippen molar-refractivity contribution in [2.24, 2.45) is 4.99 Å². The monoisotopic (exact) mass is 449 g/mol. The largest absolute Gasteiger partial charge is 0.497 e. The van der Waals surface area contributed by atoms with Crippen molar-refractivity contribution in [3.05, 3.63) is 29.8 Å². The second kappa shape index (κ2) is 15.5. The van der Waals surface area contributed by atoms with E-state index in [1.807, 2.05) is 24.3 Å². The van der Waals surface area contributed by atoms with Gasteiger partial charge in [-0.15, -0.1) is 24.0 Å². The van der Waals surface area contributed by atoms with Gasteiger partial charge in [-0.1, -0.05) is 25.5 Å². The third-order valence-electron chi connectivity index (χ3n) is 3.31. The summed E-state index contributed by atoms with van der Waals surface area (Å²) in [5.41, 5.74) is 1.16. The van der Waals surface area contributed by atoms with Crippen molar-refractivity contribution in [3.63, 3.8) is 0 Å². The number of methoxy groups -OCH3 is 1. The smallest absolute Gasteiger partial charge is 0.191 e. The van der Waals surface area contributed by atoms with E-state index in [4.69, 9.17) is 9.47 Å². The van der Waals surface area contributed by atoms with Crippen molar-refractivity contribution in [3.8, 4) is 5.75 Å². The highest BCUT2D eigenvalue weighted by Crippen LogP contribution is 2.11. The summed E-state index contributed by atoms with van der Waals surface area (Å²) < 4.78 is 10.8. The Bertz CT molecular complexity index is 438. The molecule has 0 fully saturated rings. The first-order chi connectivity index (χ1) is 11.3. The summed E-state index contributed by atoms with van der Waals surface area (Å²) in [6.45, 7) is 8.22. The Morgan fingerprint density at radius 3 is 2.46 bits per heavy atom. The predicted molar refractivity (Wildman–Crippen MR) is 112 cm³/mol. The summed E-state index contributed by atoms with van der Waals surface area (Å²) in [7, 11) is 1.67. The number of nitrogens with one attached hydrogen (secondary N) is 2. The first-order valence-electron chi connectivity index (χ1n) is 8.53. The summed E-state index contributed by atoms with van der Waals surface area (Å²) in [6.07, 6.45) is 3.27. The maximum atomic E-state index is 5.68. The minimum atomic E-state index is 0. The molecule has 0 aliphatic rings. The topological polar surface area (TPSA) is 54.9 Å². The molecular weight excluding hydrogens is 417 g/mol. The second-order valence-corrected chi connectivity index (χ2v) is 5.30. The van der Waals surface area contributed by atoms with Gasteiger partial charge in [-0.05, 0) is 37.5 Å². The van der Waals surface area contributed by atoms with Gasteiger partial charge in [0.15, 0.2) is 5.96 Å². The predicted octanol–water partition coefficient (Wildman–Crippen LogP) is 3.58. The lowest BCUT2D eigenvalue weighted by Crippen LogP contribution is -2.37. The zero-order chi connectivity index (χ0) is 16.8. The lowest BCUT2D eigenvalue weighted by molar-refractivity contribution is 0.120. The summed E-state index contributed by atoms with van der Waals surface area (Å²) in [5, 5.41) is 6.59. The van der Waals surface area contributed by atoms with E-state index in [0.29, 0.717) is 13.2 Å². The highest BCUT2D eigenvalue weighted by molar-refractivity contribution is 14.0. The molecule has 5 nitrogen and oxygen atoms in total. The lowest BCUT2D eigenvalue weighted by atomic mass is 10.2. The molecule has 1 rings (SSSR count). The van der Waals surface area contributed by atoms with Gasteiger partial charge in [0, 0.05) is 26.2 Å². The van der Waals surface area contributed by atoms with Crippen LogP contribution in [0.2, 0.25) is 0 Å². The van der Waals surface area contributed by atoms with Crippen LogP contribution in [-0.2, 0) is 11.3 Å².